The molecular formula is C17H24N4OS. The van der Waals surface area contributed by atoms with Gasteiger partial charge in [0.15, 0.2) is 0 Å². The van der Waals surface area contributed by atoms with Crippen LogP contribution in [0.1, 0.15) is 45.0 Å². The fourth-order valence-electron chi connectivity index (χ4n) is 3.03. The lowest BCUT2D eigenvalue weighted by molar-refractivity contribution is 0.180. The lowest BCUT2D eigenvalue weighted by atomic mass is 10.2. The van der Waals surface area contributed by atoms with Crippen LogP contribution in [0.25, 0.3) is 11.4 Å². The predicted molar refractivity (Wildman–Crippen MR) is 93.3 cm³/mol. The maximum absolute atomic E-state index is 5.53. The van der Waals surface area contributed by atoms with Gasteiger partial charge < -0.3 is 4.52 Å². The Bertz CT molecular complexity index is 604. The van der Waals surface area contributed by atoms with Gasteiger partial charge in [-0.15, -0.1) is 0 Å². The molecule has 0 aromatic carbocycles. The molecule has 1 aliphatic rings. The minimum Gasteiger partial charge on any atom is -0.337 e. The Labute approximate surface area is 141 Å². The number of pyridine rings is 1. The summed E-state index contributed by atoms with van der Waals surface area (Å²) in [5.41, 5.74) is 0.894. The average molecular weight is 332 g/mol. The van der Waals surface area contributed by atoms with E-state index in [2.05, 4.69) is 45.6 Å². The smallest absolute Gasteiger partial charge is 0.244 e. The highest BCUT2D eigenvalue weighted by atomic mass is 32.2. The van der Waals surface area contributed by atoms with Crippen molar-refractivity contribution in [3.05, 3.63) is 30.4 Å². The van der Waals surface area contributed by atoms with Gasteiger partial charge in [-0.25, -0.2) is 0 Å². The molecule has 0 bridgehead atoms. The molecule has 0 amide bonds. The van der Waals surface area contributed by atoms with E-state index in [1.165, 1.54) is 25.0 Å². The quantitative estimate of drug-likeness (QED) is 0.830. The molecule has 3 heterocycles. The lowest BCUT2D eigenvalue weighted by Crippen LogP contribution is -2.32. The van der Waals surface area contributed by atoms with E-state index < -0.39 is 0 Å². The number of thioether (sulfide) groups is 1. The Morgan fingerprint density at radius 3 is 3.13 bits per heavy atom. The first kappa shape index (κ1) is 16.5. The van der Waals surface area contributed by atoms with Crippen LogP contribution in [-0.2, 0) is 0 Å². The number of hydrogen-bond donors (Lipinski definition) is 0. The molecule has 2 atom stereocenters. The van der Waals surface area contributed by atoms with Crippen LogP contribution < -0.4 is 0 Å². The monoisotopic (exact) mass is 332 g/mol. The molecule has 1 aliphatic heterocycles. The van der Waals surface area contributed by atoms with Crippen LogP contribution in [0, 0.1) is 0 Å². The van der Waals surface area contributed by atoms with Crippen LogP contribution in [0.3, 0.4) is 0 Å². The molecule has 0 unspecified atom stereocenters. The Balaban J connectivity index is 1.72. The van der Waals surface area contributed by atoms with E-state index in [9.17, 15) is 0 Å². The number of nitrogens with zero attached hydrogens (tertiary/aromatic N) is 4. The number of hydrogen-bond acceptors (Lipinski definition) is 6. The summed E-state index contributed by atoms with van der Waals surface area (Å²) in [5, 5.41) is 4.84. The zero-order valence-corrected chi connectivity index (χ0v) is 14.6. The topological polar surface area (TPSA) is 55.1 Å². The van der Waals surface area contributed by atoms with E-state index in [0.29, 0.717) is 17.0 Å². The van der Waals surface area contributed by atoms with E-state index in [4.69, 9.17) is 4.52 Å². The summed E-state index contributed by atoms with van der Waals surface area (Å²) in [4.78, 5) is 11.2. The molecular weight excluding hydrogens is 308 g/mol. The molecule has 23 heavy (non-hydrogen) atoms. The molecule has 0 N–H and O–H groups in total. The second-order valence-corrected chi connectivity index (χ2v) is 7.52. The van der Waals surface area contributed by atoms with Gasteiger partial charge in [0.1, 0.15) is 0 Å². The van der Waals surface area contributed by atoms with Gasteiger partial charge in [0.2, 0.25) is 11.7 Å². The van der Waals surface area contributed by atoms with Gasteiger partial charge in [-0.05, 0) is 44.2 Å². The molecule has 124 valence electrons. The largest absolute Gasteiger partial charge is 0.337 e. The van der Waals surface area contributed by atoms with E-state index in [1.54, 1.807) is 12.4 Å². The molecule has 0 aliphatic carbocycles. The van der Waals surface area contributed by atoms with E-state index in [1.807, 2.05) is 12.1 Å². The highest BCUT2D eigenvalue weighted by Gasteiger charge is 2.26. The van der Waals surface area contributed by atoms with Crippen LogP contribution in [0.15, 0.2) is 29.0 Å². The molecule has 0 radical (unpaired) electrons. The predicted octanol–water partition coefficient (Wildman–Crippen LogP) is 3.80. The van der Waals surface area contributed by atoms with Crippen molar-refractivity contribution in [3.8, 4) is 11.4 Å². The molecule has 0 saturated carbocycles. The van der Waals surface area contributed by atoms with Crippen molar-refractivity contribution in [1.82, 2.24) is 20.0 Å². The third kappa shape index (κ3) is 4.12. The summed E-state index contributed by atoms with van der Waals surface area (Å²) in [6, 6.07) is 3.99. The van der Waals surface area contributed by atoms with Crippen molar-refractivity contribution in [1.29, 1.82) is 0 Å². The van der Waals surface area contributed by atoms with Crippen LogP contribution in [-0.4, -0.2) is 44.1 Å². The highest BCUT2D eigenvalue weighted by molar-refractivity contribution is 7.99. The second-order valence-electron chi connectivity index (χ2n) is 5.94. The maximum Gasteiger partial charge on any atom is 0.244 e. The molecule has 1 saturated heterocycles. The highest BCUT2D eigenvalue weighted by Crippen LogP contribution is 2.28. The minimum absolute atomic E-state index is 0.158. The van der Waals surface area contributed by atoms with Gasteiger partial charge in [-0.1, -0.05) is 18.5 Å². The lowest BCUT2D eigenvalue weighted by Gasteiger charge is -2.27. The number of likely N-dealkylation sites (tertiary alicyclic amines) is 1. The van der Waals surface area contributed by atoms with Crippen LogP contribution in [0.4, 0.5) is 0 Å². The first-order chi connectivity index (χ1) is 11.3. The summed E-state index contributed by atoms with van der Waals surface area (Å²) < 4.78 is 5.53. The van der Waals surface area contributed by atoms with Crippen LogP contribution >= 0.6 is 11.8 Å². The third-order valence-corrected chi connectivity index (χ3v) is 5.52. The first-order valence-corrected chi connectivity index (χ1v) is 9.42. The molecule has 1 fully saturated rings. The van der Waals surface area contributed by atoms with Crippen molar-refractivity contribution in [2.75, 3.05) is 18.8 Å². The van der Waals surface area contributed by atoms with Gasteiger partial charge in [-0.3, -0.25) is 9.88 Å². The summed E-state index contributed by atoms with van der Waals surface area (Å²) in [6.07, 6.45) is 7.38. The zero-order chi connectivity index (χ0) is 16.1. The van der Waals surface area contributed by atoms with E-state index >= 15 is 0 Å². The fraction of sp³-hybridized carbons (Fsp3) is 0.588. The second kappa shape index (κ2) is 7.93. The molecule has 2 aromatic heterocycles. The van der Waals surface area contributed by atoms with E-state index in [0.717, 1.165) is 18.7 Å². The van der Waals surface area contributed by atoms with Crippen molar-refractivity contribution in [3.63, 3.8) is 0 Å². The van der Waals surface area contributed by atoms with Crippen molar-refractivity contribution < 1.29 is 4.52 Å². The molecule has 5 nitrogen and oxygen atoms in total. The van der Waals surface area contributed by atoms with Gasteiger partial charge in [0, 0.05) is 29.8 Å². The molecule has 2 aromatic rings. The normalized spacial score (nSPS) is 21.0. The molecule has 6 heteroatoms. The zero-order valence-electron chi connectivity index (χ0n) is 13.8. The maximum atomic E-state index is 5.53. The molecule has 0 spiro atoms. The Morgan fingerprint density at radius 1 is 1.43 bits per heavy atom. The summed E-state index contributed by atoms with van der Waals surface area (Å²) in [5.74, 6) is 2.50. The average Bonchev–Trinajstić information content (AvgIpc) is 2.96. The first-order valence-electron chi connectivity index (χ1n) is 8.37. The Kier molecular flexibility index (Phi) is 5.67. The Hall–Kier alpha value is -1.40. The van der Waals surface area contributed by atoms with Gasteiger partial charge in [0.25, 0.3) is 0 Å². The van der Waals surface area contributed by atoms with Crippen LogP contribution in [0.5, 0.6) is 0 Å². The third-order valence-electron chi connectivity index (χ3n) is 4.33. The summed E-state index contributed by atoms with van der Waals surface area (Å²) in [6.45, 7) is 6.61. The van der Waals surface area contributed by atoms with Gasteiger partial charge in [-0.2, -0.15) is 16.7 Å². The Morgan fingerprint density at radius 2 is 2.35 bits per heavy atom. The number of aromatic nitrogens is 3. The standard InChI is InChI=1S/C17H24N4OS/c1-3-23-15-8-4-5-10-21(12-15)13(2)17-19-16(20-22-17)14-7-6-9-18-11-14/h6-7,9,11,13,15H,3-5,8,10,12H2,1-2H3/t13-,15-/m0/s1. The van der Waals surface area contributed by atoms with Crippen molar-refractivity contribution >= 4 is 11.8 Å². The van der Waals surface area contributed by atoms with Gasteiger partial charge >= 0.3 is 0 Å². The van der Waals surface area contributed by atoms with E-state index in [-0.39, 0.29) is 6.04 Å². The van der Waals surface area contributed by atoms with Gasteiger partial charge in [0.05, 0.1) is 6.04 Å². The minimum atomic E-state index is 0.158. The van der Waals surface area contributed by atoms with Crippen molar-refractivity contribution in [2.24, 2.45) is 0 Å². The fourth-order valence-corrected chi connectivity index (χ4v) is 4.13. The summed E-state index contributed by atoms with van der Waals surface area (Å²) >= 11 is 2.07. The SMILES string of the molecule is CCS[C@H]1CCCCN([C@@H](C)c2nc(-c3cccnc3)no2)C1. The van der Waals surface area contributed by atoms with Crippen LogP contribution in [0.2, 0.25) is 0 Å². The van der Waals surface area contributed by atoms with Crippen molar-refractivity contribution in [2.45, 2.75) is 44.4 Å². The number of rotatable bonds is 5. The summed E-state index contributed by atoms with van der Waals surface area (Å²) in [7, 11) is 0. The molecule has 3 rings (SSSR count).